The van der Waals surface area contributed by atoms with Gasteiger partial charge in [0.2, 0.25) is 0 Å². The van der Waals surface area contributed by atoms with Crippen LogP contribution in [-0.4, -0.2) is 66.6 Å². The summed E-state index contributed by atoms with van der Waals surface area (Å²) in [6, 6.07) is 6.02. The van der Waals surface area contributed by atoms with Gasteiger partial charge in [0.15, 0.2) is 0 Å². The molecule has 2 radical (unpaired) electrons. The quantitative estimate of drug-likeness (QED) is 0.725. The first-order valence-corrected chi connectivity index (χ1v) is 10.1. The van der Waals surface area contributed by atoms with Gasteiger partial charge >= 0.3 is 0 Å². The summed E-state index contributed by atoms with van der Waals surface area (Å²) in [6.45, 7) is 6.10. The van der Waals surface area contributed by atoms with Crippen LogP contribution in [0, 0.1) is 0 Å². The van der Waals surface area contributed by atoms with Crippen LogP contribution < -0.4 is 15.8 Å². The van der Waals surface area contributed by atoms with Crippen LogP contribution in [-0.2, 0) is 11.8 Å². The largest absolute Gasteiger partial charge is 0.379 e. The molecule has 2 fully saturated rings. The molecule has 4 heterocycles. The number of aromatic nitrogens is 2. The minimum atomic E-state index is -0.303. The Labute approximate surface area is 174 Å². The number of nitrogens with one attached hydrogen (secondary N) is 1. The van der Waals surface area contributed by atoms with Crippen LogP contribution in [0.1, 0.15) is 6.92 Å². The second-order valence-corrected chi connectivity index (χ2v) is 8.52. The van der Waals surface area contributed by atoms with E-state index in [2.05, 4.69) is 43.0 Å². The zero-order valence-corrected chi connectivity index (χ0v) is 17.6. The highest BCUT2D eigenvalue weighted by atomic mass is 79.9. The summed E-state index contributed by atoms with van der Waals surface area (Å²) in [6.07, 6.45) is 3.58. The summed E-state index contributed by atoms with van der Waals surface area (Å²) < 4.78 is 7.65. The van der Waals surface area contributed by atoms with Crippen LogP contribution in [0.15, 0.2) is 39.9 Å². The minimum absolute atomic E-state index is 0.102. The van der Waals surface area contributed by atoms with Gasteiger partial charge < -0.3 is 19.5 Å². The average molecular weight is 444 g/mol. The molecule has 9 heteroatoms. The molecule has 7 nitrogen and oxygen atoms in total. The molecule has 2 aliphatic heterocycles. The van der Waals surface area contributed by atoms with Gasteiger partial charge in [-0.1, -0.05) is 0 Å². The topological polar surface area (TPSA) is 62.6 Å². The van der Waals surface area contributed by atoms with Gasteiger partial charge in [-0.15, -0.1) is 0 Å². The van der Waals surface area contributed by atoms with E-state index in [1.807, 2.05) is 18.3 Å². The number of pyridine rings is 2. The number of piperazine rings is 1. The van der Waals surface area contributed by atoms with Crippen LogP contribution >= 0.6 is 15.9 Å². The maximum atomic E-state index is 12.2. The molecule has 28 heavy (non-hydrogen) atoms. The molecule has 1 atom stereocenters. The Bertz CT molecular complexity index is 916. The van der Waals surface area contributed by atoms with E-state index in [0.29, 0.717) is 30.8 Å². The molecule has 0 bridgehead atoms. The summed E-state index contributed by atoms with van der Waals surface area (Å²) in [4.78, 5) is 21.4. The number of hydrogen-bond donors (Lipinski definition) is 1. The van der Waals surface area contributed by atoms with Crippen LogP contribution in [0.5, 0.6) is 0 Å². The summed E-state index contributed by atoms with van der Waals surface area (Å²) in [5, 5.41) is 3.11. The maximum absolute atomic E-state index is 12.2. The summed E-state index contributed by atoms with van der Waals surface area (Å²) in [5.41, 5.74) is 1.14. The van der Waals surface area contributed by atoms with Gasteiger partial charge in [-0.3, -0.25) is 9.69 Å². The molecule has 0 aliphatic carbocycles. The molecule has 0 amide bonds. The lowest BCUT2D eigenvalue weighted by molar-refractivity contribution is -0.0963. The number of hydrogen-bond acceptors (Lipinski definition) is 6. The zero-order chi connectivity index (χ0) is 19.9. The van der Waals surface area contributed by atoms with Crippen molar-refractivity contribution in [1.82, 2.24) is 14.5 Å². The van der Waals surface area contributed by atoms with E-state index in [1.165, 1.54) is 4.57 Å². The van der Waals surface area contributed by atoms with Crippen molar-refractivity contribution in [3.05, 3.63) is 45.4 Å². The van der Waals surface area contributed by atoms with Crippen molar-refractivity contribution in [3.8, 4) is 0 Å². The van der Waals surface area contributed by atoms with Gasteiger partial charge in [0, 0.05) is 48.8 Å². The predicted octanol–water partition coefficient (Wildman–Crippen LogP) is 1.69. The second kappa shape index (κ2) is 7.53. The lowest BCUT2D eigenvalue weighted by Gasteiger charge is -2.53. The van der Waals surface area contributed by atoms with Gasteiger partial charge in [0.1, 0.15) is 19.4 Å². The fourth-order valence-corrected chi connectivity index (χ4v) is 4.30. The van der Waals surface area contributed by atoms with E-state index in [4.69, 9.17) is 12.6 Å². The van der Waals surface area contributed by atoms with Gasteiger partial charge in [-0.25, -0.2) is 4.98 Å². The van der Waals surface area contributed by atoms with Crippen molar-refractivity contribution in [1.29, 1.82) is 0 Å². The molecule has 0 unspecified atom stereocenters. The Balaban J connectivity index is 1.44. The average Bonchev–Trinajstić information content (AvgIpc) is 2.64. The van der Waals surface area contributed by atoms with Gasteiger partial charge in [-0.05, 0) is 41.1 Å². The Morgan fingerprint density at radius 3 is 2.75 bits per heavy atom. The normalized spacial score (nSPS) is 22.0. The van der Waals surface area contributed by atoms with Crippen molar-refractivity contribution < 1.29 is 4.74 Å². The van der Waals surface area contributed by atoms with Crippen LogP contribution in [0.25, 0.3) is 0 Å². The van der Waals surface area contributed by atoms with Crippen molar-refractivity contribution >= 4 is 41.0 Å². The smallest absolute Gasteiger partial charge is 0.274 e. The first-order chi connectivity index (χ1) is 13.4. The lowest BCUT2D eigenvalue weighted by Crippen LogP contribution is -2.68. The molecule has 0 aromatic carbocycles. The summed E-state index contributed by atoms with van der Waals surface area (Å²) in [7, 11) is 8.10. The van der Waals surface area contributed by atoms with E-state index in [0.717, 1.165) is 29.8 Å². The summed E-state index contributed by atoms with van der Waals surface area (Å²) >= 11 is 3.41. The van der Waals surface area contributed by atoms with Crippen molar-refractivity contribution in [3.63, 3.8) is 0 Å². The molecule has 146 valence electrons. The number of halogens is 1. The Hall–Kier alpha value is -1.84. The van der Waals surface area contributed by atoms with Crippen molar-refractivity contribution in [2.24, 2.45) is 7.05 Å². The highest BCUT2D eigenvalue weighted by Gasteiger charge is 2.41. The molecule has 2 saturated heterocycles. The third kappa shape index (κ3) is 3.70. The van der Waals surface area contributed by atoms with Crippen LogP contribution in [0.2, 0.25) is 0 Å². The number of anilines is 3. The number of nitrogens with zero attached hydrogens (tertiary/aromatic N) is 4. The van der Waals surface area contributed by atoms with Crippen LogP contribution in [0.4, 0.5) is 17.2 Å². The Morgan fingerprint density at radius 1 is 1.36 bits per heavy atom. The van der Waals surface area contributed by atoms with Gasteiger partial charge in [0.25, 0.3) is 5.56 Å². The third-order valence-corrected chi connectivity index (χ3v) is 5.89. The standard InChI is InChI=1S/C19H23BBrN5O2/c1-13-9-25(19(20)11-28-12-19)5-6-26(13)15-3-4-17(22-8-15)23-16-7-14(21)10-24(2)18(16)27/h3-4,7-8,10,13H,5-6,9,11-12H2,1-2H3,(H,22,23)/t13-/m0/s1. The fraction of sp³-hybridized carbons (Fsp3) is 0.474. The number of aryl methyl sites for hydroxylation is 1. The SMILES string of the molecule is [B]C1(N2CCN(c3ccc(Nc4cc(Br)cn(C)c4=O)nc3)[C@@H](C)C2)COC1. The molecule has 2 aliphatic rings. The van der Waals surface area contributed by atoms with Crippen LogP contribution in [0.3, 0.4) is 0 Å². The van der Waals surface area contributed by atoms with Gasteiger partial charge in [0.05, 0.1) is 25.1 Å². The maximum Gasteiger partial charge on any atom is 0.274 e. The van der Waals surface area contributed by atoms with E-state index in [-0.39, 0.29) is 11.0 Å². The first kappa shape index (κ1) is 19.5. The van der Waals surface area contributed by atoms with Gasteiger partial charge in [-0.2, -0.15) is 0 Å². The fourth-order valence-electron chi connectivity index (χ4n) is 3.77. The zero-order valence-electron chi connectivity index (χ0n) is 16.1. The monoisotopic (exact) mass is 443 g/mol. The molecule has 0 spiro atoms. The lowest BCUT2D eigenvalue weighted by atomic mass is 9.73. The van der Waals surface area contributed by atoms with E-state index in [1.54, 1.807) is 19.3 Å². The van der Waals surface area contributed by atoms with Crippen molar-refractivity contribution in [2.75, 3.05) is 43.1 Å². The second-order valence-electron chi connectivity index (χ2n) is 7.60. The highest BCUT2D eigenvalue weighted by molar-refractivity contribution is 9.10. The molecule has 4 rings (SSSR count). The van der Waals surface area contributed by atoms with E-state index < -0.39 is 0 Å². The predicted molar refractivity (Wildman–Crippen MR) is 115 cm³/mol. The molecule has 0 saturated carbocycles. The van der Waals surface area contributed by atoms with Crippen molar-refractivity contribution in [2.45, 2.75) is 18.4 Å². The Kier molecular flexibility index (Phi) is 5.24. The molecular formula is C19H23BBrN5O2. The number of rotatable bonds is 4. The minimum Gasteiger partial charge on any atom is -0.379 e. The Morgan fingerprint density at radius 2 is 2.14 bits per heavy atom. The molecule has 2 aromatic heterocycles. The molecule has 1 N–H and O–H groups in total. The summed E-state index contributed by atoms with van der Waals surface area (Å²) in [5.74, 6) is 0.637. The number of ether oxygens (including phenoxy) is 1. The highest BCUT2D eigenvalue weighted by Crippen LogP contribution is 2.28. The first-order valence-electron chi connectivity index (χ1n) is 9.33. The third-order valence-electron chi connectivity index (χ3n) is 5.45. The molecular weight excluding hydrogens is 421 g/mol. The van der Waals surface area contributed by atoms with E-state index >= 15 is 0 Å². The van der Waals surface area contributed by atoms with E-state index in [9.17, 15) is 4.79 Å². The molecule has 2 aromatic rings.